The van der Waals surface area contributed by atoms with Gasteiger partial charge in [-0.2, -0.15) is 10.2 Å². The predicted octanol–water partition coefficient (Wildman–Crippen LogP) is 1.71. The van der Waals surface area contributed by atoms with Gasteiger partial charge in [0.1, 0.15) is 0 Å². The van der Waals surface area contributed by atoms with Crippen LogP contribution < -0.4 is 10.6 Å². The summed E-state index contributed by atoms with van der Waals surface area (Å²) in [6.45, 7) is 4.61. The highest BCUT2D eigenvalue weighted by molar-refractivity contribution is 6.06. The Kier molecular flexibility index (Phi) is 5.25. The fourth-order valence-electron chi connectivity index (χ4n) is 3.47. The van der Waals surface area contributed by atoms with Crippen molar-refractivity contribution in [3.05, 3.63) is 35.9 Å². The molecule has 1 aliphatic heterocycles. The first-order valence-electron chi connectivity index (χ1n) is 9.60. The molecule has 0 bridgehead atoms. The number of aromatic nitrogens is 5. The molecular formula is C19H25N7O2. The van der Waals surface area contributed by atoms with E-state index in [-0.39, 0.29) is 11.9 Å². The molecule has 9 nitrogen and oxygen atoms in total. The average molecular weight is 383 g/mol. The Balaban J connectivity index is 1.63. The summed E-state index contributed by atoms with van der Waals surface area (Å²) in [7, 11) is 1.85. The molecule has 4 rings (SSSR count). The third kappa shape index (κ3) is 3.70. The number of carbonyl (C=O) groups is 1. The van der Waals surface area contributed by atoms with Gasteiger partial charge in [-0.1, -0.05) is 0 Å². The van der Waals surface area contributed by atoms with Crippen LogP contribution in [-0.4, -0.2) is 49.7 Å². The van der Waals surface area contributed by atoms with E-state index >= 15 is 0 Å². The van der Waals surface area contributed by atoms with Crippen LogP contribution in [0, 0.1) is 0 Å². The summed E-state index contributed by atoms with van der Waals surface area (Å²) in [6.07, 6.45) is 8.86. The highest BCUT2D eigenvalue weighted by atomic mass is 16.5. The third-order valence-corrected chi connectivity index (χ3v) is 4.99. The predicted molar refractivity (Wildman–Crippen MR) is 105 cm³/mol. The third-order valence-electron chi connectivity index (χ3n) is 4.99. The smallest absolute Gasteiger partial charge is 0.255 e. The van der Waals surface area contributed by atoms with Crippen molar-refractivity contribution in [2.24, 2.45) is 7.05 Å². The molecule has 0 radical (unpaired) electrons. The molecule has 1 fully saturated rings. The van der Waals surface area contributed by atoms with Gasteiger partial charge in [-0.05, 0) is 19.8 Å². The maximum absolute atomic E-state index is 12.9. The summed E-state index contributed by atoms with van der Waals surface area (Å²) >= 11 is 0. The maximum atomic E-state index is 12.9. The Morgan fingerprint density at radius 1 is 1.25 bits per heavy atom. The van der Waals surface area contributed by atoms with Crippen molar-refractivity contribution in [2.75, 3.05) is 18.5 Å². The summed E-state index contributed by atoms with van der Waals surface area (Å²) in [5, 5.41) is 15.9. The zero-order valence-corrected chi connectivity index (χ0v) is 16.2. The molecule has 1 saturated heterocycles. The van der Waals surface area contributed by atoms with Crippen molar-refractivity contribution < 1.29 is 9.53 Å². The van der Waals surface area contributed by atoms with Crippen molar-refractivity contribution in [2.45, 2.75) is 38.9 Å². The van der Waals surface area contributed by atoms with Gasteiger partial charge >= 0.3 is 0 Å². The first kappa shape index (κ1) is 18.4. The Bertz CT molecular complexity index is 972. The van der Waals surface area contributed by atoms with Gasteiger partial charge < -0.3 is 15.4 Å². The molecule has 3 aromatic rings. The van der Waals surface area contributed by atoms with Crippen LogP contribution in [0.25, 0.3) is 11.0 Å². The number of aryl methyl sites for hydroxylation is 2. The van der Waals surface area contributed by atoms with E-state index in [2.05, 4.69) is 25.8 Å². The molecule has 0 atom stereocenters. The highest BCUT2D eigenvalue weighted by Gasteiger charge is 2.22. The van der Waals surface area contributed by atoms with Crippen LogP contribution in [0.5, 0.6) is 0 Å². The van der Waals surface area contributed by atoms with Gasteiger partial charge in [0.05, 0.1) is 29.0 Å². The van der Waals surface area contributed by atoms with E-state index in [0.29, 0.717) is 12.1 Å². The lowest BCUT2D eigenvalue weighted by Crippen LogP contribution is -2.30. The van der Waals surface area contributed by atoms with Crippen LogP contribution in [-0.2, 0) is 24.9 Å². The van der Waals surface area contributed by atoms with Crippen molar-refractivity contribution in [1.29, 1.82) is 0 Å². The van der Waals surface area contributed by atoms with Gasteiger partial charge in [0.25, 0.3) is 5.91 Å². The van der Waals surface area contributed by atoms with E-state index in [1.165, 1.54) is 0 Å². The highest BCUT2D eigenvalue weighted by Crippen LogP contribution is 2.28. The first-order chi connectivity index (χ1) is 13.7. The molecule has 1 amide bonds. The molecule has 0 aromatic carbocycles. The molecular weight excluding hydrogens is 358 g/mol. The second-order valence-corrected chi connectivity index (χ2v) is 6.98. The number of nitrogens with zero attached hydrogens (tertiary/aromatic N) is 5. The summed E-state index contributed by atoms with van der Waals surface area (Å²) in [6, 6.07) is 0.259. The normalized spacial score (nSPS) is 15.1. The number of hydrogen-bond donors (Lipinski definition) is 2. The maximum Gasteiger partial charge on any atom is 0.255 e. The van der Waals surface area contributed by atoms with E-state index in [0.717, 1.165) is 54.9 Å². The minimum atomic E-state index is -0.169. The molecule has 1 aliphatic rings. The van der Waals surface area contributed by atoms with Crippen LogP contribution >= 0.6 is 0 Å². The van der Waals surface area contributed by atoms with E-state index in [1.54, 1.807) is 23.3 Å². The van der Waals surface area contributed by atoms with Gasteiger partial charge in [0, 0.05) is 57.3 Å². The summed E-state index contributed by atoms with van der Waals surface area (Å²) in [5.74, 6) is -0.169. The quantitative estimate of drug-likeness (QED) is 0.672. The van der Waals surface area contributed by atoms with Crippen molar-refractivity contribution in [3.8, 4) is 0 Å². The molecule has 2 N–H and O–H groups in total. The molecule has 28 heavy (non-hydrogen) atoms. The molecule has 9 heteroatoms. The van der Waals surface area contributed by atoms with Gasteiger partial charge in [0.2, 0.25) is 0 Å². The lowest BCUT2D eigenvalue weighted by Gasteiger charge is -2.25. The Morgan fingerprint density at radius 3 is 2.79 bits per heavy atom. The monoisotopic (exact) mass is 383 g/mol. The standard InChI is InChI=1S/C19H25N7O2/c1-3-26-18-15(11-23-26)17(24-14-4-6-28-7-5-14)16(10-20-18)19(27)21-8-13-9-22-25(2)12-13/h9-12,14H,3-8H2,1-2H3,(H,20,24)(H,21,27). The van der Waals surface area contributed by atoms with Crippen molar-refractivity contribution >= 4 is 22.6 Å². The molecule has 0 unspecified atom stereocenters. The number of amides is 1. The van der Waals surface area contributed by atoms with Crippen LogP contribution in [0.3, 0.4) is 0 Å². The number of nitrogens with one attached hydrogen (secondary N) is 2. The lowest BCUT2D eigenvalue weighted by molar-refractivity contribution is 0.0904. The first-order valence-corrected chi connectivity index (χ1v) is 9.60. The molecule has 0 saturated carbocycles. The van der Waals surface area contributed by atoms with Crippen molar-refractivity contribution in [3.63, 3.8) is 0 Å². The lowest BCUT2D eigenvalue weighted by atomic mass is 10.1. The number of fused-ring (bicyclic) bond motifs is 1. The SMILES string of the molecule is CCn1ncc2c(NC3CCOCC3)c(C(=O)NCc3cnn(C)c3)cnc21. The zero-order chi connectivity index (χ0) is 19.5. The fourth-order valence-corrected chi connectivity index (χ4v) is 3.47. The van der Waals surface area contributed by atoms with Crippen LogP contribution in [0.4, 0.5) is 5.69 Å². The topological polar surface area (TPSA) is 98.9 Å². The number of pyridine rings is 1. The molecule has 148 valence electrons. The van der Waals surface area contributed by atoms with Crippen molar-refractivity contribution in [1.82, 2.24) is 29.9 Å². The minimum Gasteiger partial charge on any atom is -0.381 e. The molecule has 0 aliphatic carbocycles. The molecule has 0 spiro atoms. The average Bonchev–Trinajstić information content (AvgIpc) is 3.33. The van der Waals surface area contributed by atoms with Gasteiger partial charge in [-0.15, -0.1) is 0 Å². The second-order valence-electron chi connectivity index (χ2n) is 6.98. The van der Waals surface area contributed by atoms with E-state index in [4.69, 9.17) is 4.74 Å². The Morgan fingerprint density at radius 2 is 2.07 bits per heavy atom. The van der Waals surface area contributed by atoms with Crippen LogP contribution in [0.2, 0.25) is 0 Å². The number of hydrogen-bond acceptors (Lipinski definition) is 6. The van der Waals surface area contributed by atoms with Gasteiger partial charge in [0.15, 0.2) is 5.65 Å². The van der Waals surface area contributed by atoms with Gasteiger partial charge in [-0.25, -0.2) is 9.67 Å². The largest absolute Gasteiger partial charge is 0.381 e. The van der Waals surface area contributed by atoms with Crippen LogP contribution in [0.15, 0.2) is 24.8 Å². The van der Waals surface area contributed by atoms with E-state index < -0.39 is 0 Å². The summed E-state index contributed by atoms with van der Waals surface area (Å²) < 4.78 is 9.01. The zero-order valence-electron chi connectivity index (χ0n) is 16.2. The van der Waals surface area contributed by atoms with E-state index in [9.17, 15) is 4.79 Å². The fraction of sp³-hybridized carbons (Fsp3) is 0.474. The Hall–Kier alpha value is -2.94. The number of rotatable bonds is 6. The number of carbonyl (C=O) groups excluding carboxylic acids is 1. The summed E-state index contributed by atoms with van der Waals surface area (Å²) in [5.41, 5.74) is 3.04. The van der Waals surface area contributed by atoms with Gasteiger partial charge in [-0.3, -0.25) is 9.48 Å². The molecule has 3 aromatic heterocycles. The summed E-state index contributed by atoms with van der Waals surface area (Å²) in [4.78, 5) is 17.4. The van der Waals surface area contributed by atoms with Crippen LogP contribution in [0.1, 0.15) is 35.7 Å². The molecule has 4 heterocycles. The number of ether oxygens (including phenoxy) is 1. The second kappa shape index (κ2) is 7.97. The Labute approximate surface area is 163 Å². The number of anilines is 1. The van der Waals surface area contributed by atoms with E-state index in [1.807, 2.05) is 24.9 Å². The minimum absolute atomic E-state index is 0.169.